The normalized spacial score (nSPS) is 12.2. The van der Waals surface area contributed by atoms with Gasteiger partial charge in [0.1, 0.15) is 0 Å². The van der Waals surface area contributed by atoms with E-state index in [9.17, 15) is 23.1 Å². The van der Waals surface area contributed by atoms with E-state index in [-0.39, 0.29) is 29.7 Å². The van der Waals surface area contributed by atoms with Crippen LogP contribution in [0.4, 0.5) is 24.5 Å². The van der Waals surface area contributed by atoms with Crippen LogP contribution < -0.4 is 5.32 Å². The number of benzene rings is 2. The number of alkyl halides is 3. The third-order valence-corrected chi connectivity index (χ3v) is 4.34. The van der Waals surface area contributed by atoms with Crippen molar-refractivity contribution in [3.8, 4) is 5.88 Å². The van der Waals surface area contributed by atoms with E-state index >= 15 is 0 Å². The lowest BCUT2D eigenvalue weighted by atomic mass is 10.0. The first-order valence-electron chi connectivity index (χ1n) is 8.85. The van der Waals surface area contributed by atoms with Crippen molar-refractivity contribution in [3.63, 3.8) is 0 Å². The highest BCUT2D eigenvalue weighted by Gasteiger charge is 2.30. The molecule has 3 aromatic rings. The monoisotopic (exact) mass is 404 g/mol. The molecule has 0 spiro atoms. The summed E-state index contributed by atoms with van der Waals surface area (Å²) in [4.78, 5) is 14.7. The van der Waals surface area contributed by atoms with Crippen LogP contribution in [0.25, 0.3) is 10.9 Å². The molecule has 0 bridgehead atoms. The van der Waals surface area contributed by atoms with Crippen LogP contribution >= 0.6 is 0 Å². The molecule has 0 fully saturated rings. The van der Waals surface area contributed by atoms with Gasteiger partial charge < -0.3 is 15.4 Å². The average molecular weight is 404 g/mol. The predicted molar refractivity (Wildman–Crippen MR) is 104 cm³/mol. The molecule has 2 aromatic carbocycles. The van der Waals surface area contributed by atoms with Crippen molar-refractivity contribution >= 4 is 28.2 Å². The lowest BCUT2D eigenvalue weighted by Gasteiger charge is -2.09. The Balaban J connectivity index is 1.73. The second-order valence-corrected chi connectivity index (χ2v) is 6.81. The minimum atomic E-state index is -4.47. The molecule has 0 aliphatic heterocycles. The number of carbonyl (C=O) groups is 1. The molecular formula is C20H19F3N4O2. The van der Waals surface area contributed by atoms with Gasteiger partial charge in [0, 0.05) is 11.1 Å². The maximum Gasteiger partial charge on any atom is 0.416 e. The summed E-state index contributed by atoms with van der Waals surface area (Å²) in [6, 6.07) is 10.1. The average Bonchev–Trinajstić information content (AvgIpc) is 2.98. The molecule has 0 aliphatic carbocycles. The number of carbonyl (C=O) groups excluding carboxylic acids is 1. The fourth-order valence-corrected chi connectivity index (χ4v) is 2.77. The summed E-state index contributed by atoms with van der Waals surface area (Å²) in [6.07, 6.45) is -4.47. The lowest BCUT2D eigenvalue weighted by Crippen LogP contribution is -2.12. The van der Waals surface area contributed by atoms with Crippen molar-refractivity contribution < 1.29 is 23.1 Å². The maximum atomic E-state index is 12.7. The highest BCUT2D eigenvalue weighted by atomic mass is 19.4. The van der Waals surface area contributed by atoms with Crippen molar-refractivity contribution in [3.05, 3.63) is 53.6 Å². The molecule has 0 saturated carbocycles. The summed E-state index contributed by atoms with van der Waals surface area (Å²) >= 11 is 0. The van der Waals surface area contributed by atoms with E-state index in [0.717, 1.165) is 17.7 Å². The third kappa shape index (κ3) is 4.74. The van der Waals surface area contributed by atoms with Crippen LogP contribution in [0.3, 0.4) is 0 Å². The quantitative estimate of drug-likeness (QED) is 0.474. The standard InChI is InChI=1S/C20H19F3N4O2/c1-11(2)12-6-7-16-15(8-12)18(19(29)25-16)27-26-17(28)10-24-14-5-3-4-13(9-14)20(21,22)23/h3-9,11,24-25,29H,10H2,1-2H3. The molecule has 1 heterocycles. The molecular weight excluding hydrogens is 385 g/mol. The Bertz CT molecular complexity index is 1070. The molecule has 0 atom stereocenters. The number of anilines is 1. The van der Waals surface area contributed by atoms with Gasteiger partial charge in [0.25, 0.3) is 5.91 Å². The molecule has 6 nitrogen and oxygen atoms in total. The molecule has 3 rings (SSSR count). The van der Waals surface area contributed by atoms with E-state index in [0.29, 0.717) is 10.9 Å². The van der Waals surface area contributed by atoms with Crippen molar-refractivity contribution in [2.24, 2.45) is 10.2 Å². The van der Waals surface area contributed by atoms with Gasteiger partial charge in [-0.2, -0.15) is 13.2 Å². The zero-order valence-electron chi connectivity index (χ0n) is 15.7. The number of aromatic amines is 1. The van der Waals surface area contributed by atoms with E-state index in [1.165, 1.54) is 12.1 Å². The van der Waals surface area contributed by atoms with Crippen LogP contribution in [-0.2, 0) is 11.0 Å². The molecule has 3 N–H and O–H groups in total. The van der Waals surface area contributed by atoms with E-state index in [2.05, 4.69) is 20.5 Å². The number of halogens is 3. The molecule has 152 valence electrons. The highest BCUT2D eigenvalue weighted by molar-refractivity contribution is 5.95. The van der Waals surface area contributed by atoms with Gasteiger partial charge in [0.2, 0.25) is 5.88 Å². The van der Waals surface area contributed by atoms with Crippen LogP contribution in [0, 0.1) is 0 Å². The number of nitrogens with zero attached hydrogens (tertiary/aromatic N) is 2. The molecule has 0 saturated heterocycles. The topological polar surface area (TPSA) is 89.8 Å². The van der Waals surface area contributed by atoms with Crippen LogP contribution in [0.2, 0.25) is 0 Å². The number of hydrogen-bond acceptors (Lipinski definition) is 4. The van der Waals surface area contributed by atoms with Crippen molar-refractivity contribution in [1.82, 2.24) is 4.98 Å². The lowest BCUT2D eigenvalue weighted by molar-refractivity contribution is -0.137. The second kappa shape index (κ2) is 7.94. The van der Waals surface area contributed by atoms with Crippen LogP contribution in [0.5, 0.6) is 5.88 Å². The smallest absolute Gasteiger partial charge is 0.416 e. The van der Waals surface area contributed by atoms with Crippen LogP contribution in [0.1, 0.15) is 30.9 Å². The molecule has 0 unspecified atom stereocenters. The van der Waals surface area contributed by atoms with Gasteiger partial charge in [-0.05, 0) is 41.8 Å². The highest BCUT2D eigenvalue weighted by Crippen LogP contribution is 2.37. The Morgan fingerprint density at radius 2 is 1.97 bits per heavy atom. The SMILES string of the molecule is CC(C)c1ccc2[nH]c(O)c(N=NC(=O)CNc3cccc(C(F)(F)F)c3)c2c1. The van der Waals surface area contributed by atoms with Gasteiger partial charge in [-0.25, -0.2) is 0 Å². The van der Waals surface area contributed by atoms with Gasteiger partial charge in [-0.15, -0.1) is 10.2 Å². The third-order valence-electron chi connectivity index (χ3n) is 4.34. The number of fused-ring (bicyclic) bond motifs is 1. The van der Waals surface area contributed by atoms with E-state index in [4.69, 9.17) is 0 Å². The second-order valence-electron chi connectivity index (χ2n) is 6.81. The molecule has 1 amide bonds. The first-order valence-corrected chi connectivity index (χ1v) is 8.85. The van der Waals surface area contributed by atoms with Gasteiger partial charge in [0.15, 0.2) is 5.69 Å². The van der Waals surface area contributed by atoms with E-state index in [1.54, 1.807) is 6.07 Å². The van der Waals surface area contributed by atoms with Crippen LogP contribution in [-0.4, -0.2) is 22.5 Å². The largest absolute Gasteiger partial charge is 0.493 e. The van der Waals surface area contributed by atoms with Gasteiger partial charge in [-0.1, -0.05) is 26.0 Å². The summed E-state index contributed by atoms with van der Waals surface area (Å²) in [6.45, 7) is 3.71. The first kappa shape index (κ1) is 20.4. The minimum absolute atomic E-state index is 0.134. The summed E-state index contributed by atoms with van der Waals surface area (Å²) in [5.41, 5.74) is 1.14. The zero-order valence-corrected chi connectivity index (χ0v) is 15.7. The number of azo groups is 1. The fourth-order valence-electron chi connectivity index (χ4n) is 2.77. The number of H-pyrrole nitrogens is 1. The Morgan fingerprint density at radius 1 is 1.21 bits per heavy atom. The number of nitrogens with one attached hydrogen (secondary N) is 2. The van der Waals surface area contributed by atoms with E-state index in [1.807, 2.05) is 26.0 Å². The molecule has 0 radical (unpaired) electrons. The van der Waals surface area contributed by atoms with Gasteiger partial charge >= 0.3 is 6.18 Å². The predicted octanol–water partition coefficient (Wildman–Crippen LogP) is 5.74. The summed E-state index contributed by atoms with van der Waals surface area (Å²) < 4.78 is 38.2. The summed E-state index contributed by atoms with van der Waals surface area (Å²) in [5.74, 6) is -0.654. The molecule has 1 aromatic heterocycles. The Kier molecular flexibility index (Phi) is 5.58. The number of aromatic nitrogens is 1. The number of hydrogen-bond donors (Lipinski definition) is 3. The Morgan fingerprint density at radius 3 is 2.66 bits per heavy atom. The maximum absolute atomic E-state index is 12.7. The summed E-state index contributed by atoms with van der Waals surface area (Å²) in [7, 11) is 0. The van der Waals surface area contributed by atoms with Crippen molar-refractivity contribution in [1.29, 1.82) is 0 Å². The van der Waals surface area contributed by atoms with Crippen LogP contribution in [0.15, 0.2) is 52.7 Å². The Labute approximate surface area is 164 Å². The van der Waals surface area contributed by atoms with E-state index < -0.39 is 17.6 Å². The van der Waals surface area contributed by atoms with Crippen molar-refractivity contribution in [2.45, 2.75) is 25.9 Å². The zero-order chi connectivity index (χ0) is 21.2. The van der Waals surface area contributed by atoms with Crippen molar-refractivity contribution in [2.75, 3.05) is 11.9 Å². The molecule has 29 heavy (non-hydrogen) atoms. The Hall–Kier alpha value is -3.36. The fraction of sp³-hybridized carbons (Fsp3) is 0.250. The molecule has 9 heteroatoms. The minimum Gasteiger partial charge on any atom is -0.493 e. The number of aromatic hydroxyl groups is 1. The molecule has 0 aliphatic rings. The summed E-state index contributed by atoms with van der Waals surface area (Å²) in [5, 5.41) is 20.7. The van der Waals surface area contributed by atoms with Gasteiger partial charge in [-0.3, -0.25) is 4.79 Å². The van der Waals surface area contributed by atoms with Gasteiger partial charge in [0.05, 0.1) is 17.6 Å². The number of amides is 1. The first-order chi connectivity index (χ1) is 13.6. The number of rotatable bonds is 5.